The molecule has 0 unspecified atom stereocenters. The second-order valence-electron chi connectivity index (χ2n) is 12.8. The number of pyridine rings is 1. The average Bonchev–Trinajstić information content (AvgIpc) is 3.70. The Morgan fingerprint density at radius 1 is 1.23 bits per heavy atom. The van der Waals surface area contributed by atoms with E-state index in [4.69, 9.17) is 5.73 Å². The quantitative estimate of drug-likeness (QED) is 0.341. The van der Waals surface area contributed by atoms with Gasteiger partial charge in [-0.1, -0.05) is 19.9 Å². The largest absolute Gasteiger partial charge is 0.508 e. The highest BCUT2D eigenvalue weighted by atomic mass is 16.3. The third-order valence-electron chi connectivity index (χ3n) is 9.57. The summed E-state index contributed by atoms with van der Waals surface area (Å²) in [6.45, 7) is 9.65. The van der Waals surface area contributed by atoms with Gasteiger partial charge in [0.1, 0.15) is 17.4 Å². The van der Waals surface area contributed by atoms with E-state index in [0.29, 0.717) is 36.4 Å². The maximum atomic E-state index is 13.2. The predicted molar refractivity (Wildman–Crippen MR) is 152 cm³/mol. The molecule has 9 nitrogen and oxygen atoms in total. The number of aliphatic hydroxyl groups is 1. The van der Waals surface area contributed by atoms with Crippen molar-refractivity contribution in [3.63, 3.8) is 0 Å². The molecule has 1 aromatic heterocycles. The van der Waals surface area contributed by atoms with E-state index in [-0.39, 0.29) is 29.7 Å². The van der Waals surface area contributed by atoms with Crippen LogP contribution in [0.25, 0.3) is 0 Å². The molecular formula is C31H42N4O5. The Morgan fingerprint density at radius 3 is 2.60 bits per heavy atom. The number of aromatic amines is 1. The molecule has 216 valence electrons. The zero-order valence-electron chi connectivity index (χ0n) is 23.9. The fourth-order valence-electron chi connectivity index (χ4n) is 7.12. The van der Waals surface area contributed by atoms with E-state index in [0.717, 1.165) is 24.2 Å². The third kappa shape index (κ3) is 4.94. The van der Waals surface area contributed by atoms with Crippen LogP contribution >= 0.6 is 0 Å². The monoisotopic (exact) mass is 550 g/mol. The molecule has 0 spiro atoms. The minimum atomic E-state index is -1.22. The molecule has 4 atom stereocenters. The third-order valence-corrected chi connectivity index (χ3v) is 9.57. The molecule has 1 saturated heterocycles. The molecule has 2 heterocycles. The van der Waals surface area contributed by atoms with E-state index >= 15 is 0 Å². The summed E-state index contributed by atoms with van der Waals surface area (Å²) in [5.74, 6) is -0.388. The zero-order chi connectivity index (χ0) is 29.0. The van der Waals surface area contributed by atoms with Crippen LogP contribution < -0.4 is 16.6 Å². The number of phenolic OH excluding ortho intramolecular Hbond substituents is 1. The molecule has 2 aromatic rings. The summed E-state index contributed by atoms with van der Waals surface area (Å²) in [5.41, 5.74) is 6.18. The van der Waals surface area contributed by atoms with Crippen molar-refractivity contribution in [1.29, 1.82) is 0 Å². The number of aromatic hydroxyl groups is 1. The molecule has 5 rings (SSSR count). The van der Waals surface area contributed by atoms with Gasteiger partial charge in [0, 0.05) is 36.5 Å². The normalized spacial score (nSPS) is 27.1. The number of likely N-dealkylation sites (tertiary alicyclic amines) is 1. The first-order valence-corrected chi connectivity index (χ1v) is 14.5. The number of H-pyrrole nitrogens is 1. The summed E-state index contributed by atoms with van der Waals surface area (Å²) in [5, 5.41) is 25.9. The lowest BCUT2D eigenvalue weighted by Gasteiger charge is -2.60. The lowest BCUT2D eigenvalue weighted by Crippen LogP contribution is -2.71. The molecule has 6 N–H and O–H groups in total. The molecule has 1 saturated carbocycles. The molecule has 2 fully saturated rings. The summed E-state index contributed by atoms with van der Waals surface area (Å²) in [6.07, 6.45) is 4.07. The van der Waals surface area contributed by atoms with Crippen LogP contribution in [0.4, 0.5) is 0 Å². The number of carbonyl (C=O) groups is 2. The van der Waals surface area contributed by atoms with E-state index < -0.39 is 34.4 Å². The molecular weight excluding hydrogens is 508 g/mol. The van der Waals surface area contributed by atoms with Gasteiger partial charge in [0.15, 0.2) is 0 Å². The maximum absolute atomic E-state index is 13.2. The Labute approximate surface area is 235 Å². The number of hydrogen-bond acceptors (Lipinski definition) is 6. The average molecular weight is 551 g/mol. The summed E-state index contributed by atoms with van der Waals surface area (Å²) >= 11 is 0. The van der Waals surface area contributed by atoms with Crippen molar-refractivity contribution in [2.45, 2.75) is 89.3 Å². The number of aromatic nitrogens is 1. The van der Waals surface area contributed by atoms with Gasteiger partial charge in [-0.05, 0) is 92.8 Å². The Kier molecular flexibility index (Phi) is 7.33. The van der Waals surface area contributed by atoms with Crippen LogP contribution in [0, 0.1) is 18.8 Å². The minimum Gasteiger partial charge on any atom is -0.508 e. The van der Waals surface area contributed by atoms with Crippen LogP contribution in [-0.2, 0) is 23.1 Å². The minimum absolute atomic E-state index is 0.100. The van der Waals surface area contributed by atoms with E-state index in [1.165, 1.54) is 12.8 Å². The Hall–Kier alpha value is -3.17. The summed E-state index contributed by atoms with van der Waals surface area (Å²) in [4.78, 5) is 43.7. The van der Waals surface area contributed by atoms with Crippen LogP contribution in [0.3, 0.4) is 0 Å². The number of phenols is 1. The molecule has 40 heavy (non-hydrogen) atoms. The summed E-state index contributed by atoms with van der Waals surface area (Å²) in [6, 6.07) is 5.78. The molecule has 1 aromatic carbocycles. The summed E-state index contributed by atoms with van der Waals surface area (Å²) < 4.78 is 0. The second kappa shape index (κ2) is 10.3. The number of nitrogens with two attached hydrogens (primary N) is 1. The van der Waals surface area contributed by atoms with Crippen molar-refractivity contribution in [3.05, 3.63) is 62.6 Å². The van der Waals surface area contributed by atoms with Crippen molar-refractivity contribution < 1.29 is 19.8 Å². The molecule has 2 aliphatic carbocycles. The van der Waals surface area contributed by atoms with E-state index in [9.17, 15) is 24.6 Å². The molecule has 9 heteroatoms. The van der Waals surface area contributed by atoms with Gasteiger partial charge >= 0.3 is 0 Å². The molecule has 0 radical (unpaired) electrons. The number of rotatable bonds is 8. The molecule has 0 bridgehead atoms. The van der Waals surface area contributed by atoms with Crippen LogP contribution in [0.5, 0.6) is 5.75 Å². The van der Waals surface area contributed by atoms with Gasteiger partial charge in [-0.3, -0.25) is 19.3 Å². The fraction of sp³-hybridized carbons (Fsp3) is 0.581. The van der Waals surface area contributed by atoms with Crippen molar-refractivity contribution >= 4 is 11.8 Å². The van der Waals surface area contributed by atoms with E-state index in [2.05, 4.69) is 22.1 Å². The first kappa shape index (κ1) is 28.4. The number of fused-ring (bicyclic) bond motifs is 2. The highest BCUT2D eigenvalue weighted by molar-refractivity contribution is 5.97. The van der Waals surface area contributed by atoms with Crippen LogP contribution in [0.15, 0.2) is 29.1 Å². The summed E-state index contributed by atoms with van der Waals surface area (Å²) in [7, 11) is 0. The zero-order valence-corrected chi connectivity index (χ0v) is 23.9. The van der Waals surface area contributed by atoms with Gasteiger partial charge in [0.05, 0.1) is 5.60 Å². The van der Waals surface area contributed by atoms with Crippen molar-refractivity contribution in [1.82, 2.24) is 15.2 Å². The Balaban J connectivity index is 1.56. The number of nitrogens with one attached hydrogen (secondary N) is 2. The first-order chi connectivity index (χ1) is 18.8. The SMILES string of the molecule is Cc1ccc(O)cc1[C@]12CCN(CC3CC3)[C@H](C)[C@]1(O)Cc1cc(C(=O)N[C@@H](CC(C)C)C(N)=O)c(=O)[nH]c1C2. The number of carbonyl (C=O) groups excluding carboxylic acids is 2. The number of benzene rings is 1. The van der Waals surface area contributed by atoms with Gasteiger partial charge in [0.25, 0.3) is 11.5 Å². The highest BCUT2D eigenvalue weighted by Crippen LogP contribution is 2.54. The number of aryl methyl sites for hydroxylation is 1. The topological polar surface area (TPSA) is 149 Å². The molecule has 2 amide bonds. The lowest BCUT2D eigenvalue weighted by molar-refractivity contribution is -0.139. The van der Waals surface area contributed by atoms with Crippen LogP contribution in [0.2, 0.25) is 0 Å². The number of amides is 2. The Bertz CT molecular complexity index is 1380. The number of nitrogens with zero attached hydrogens (tertiary/aromatic N) is 1. The van der Waals surface area contributed by atoms with Crippen molar-refractivity contribution in [3.8, 4) is 5.75 Å². The van der Waals surface area contributed by atoms with Gasteiger partial charge in [-0.15, -0.1) is 0 Å². The highest BCUT2D eigenvalue weighted by Gasteiger charge is 2.61. The molecule has 3 aliphatic rings. The predicted octanol–water partition coefficient (Wildman–Crippen LogP) is 2.29. The smallest absolute Gasteiger partial charge is 0.261 e. The van der Waals surface area contributed by atoms with E-state index in [1.807, 2.05) is 26.8 Å². The van der Waals surface area contributed by atoms with Crippen molar-refractivity contribution in [2.24, 2.45) is 17.6 Å². The van der Waals surface area contributed by atoms with Crippen LogP contribution in [-0.4, -0.2) is 62.7 Å². The van der Waals surface area contributed by atoms with Crippen LogP contribution in [0.1, 0.15) is 79.2 Å². The van der Waals surface area contributed by atoms with E-state index in [1.54, 1.807) is 18.2 Å². The lowest BCUT2D eigenvalue weighted by atomic mass is 9.53. The number of piperidine rings is 1. The number of hydrogen-bond donors (Lipinski definition) is 5. The fourth-order valence-corrected chi connectivity index (χ4v) is 7.12. The number of primary amides is 1. The van der Waals surface area contributed by atoms with Gasteiger partial charge in [-0.2, -0.15) is 0 Å². The maximum Gasteiger partial charge on any atom is 0.261 e. The molecule has 1 aliphatic heterocycles. The van der Waals surface area contributed by atoms with Gasteiger partial charge in [0.2, 0.25) is 5.91 Å². The standard InChI is InChI=1S/C31H42N4O5/c1-17(2)11-25(27(32)37)33-28(38)23-12-21-14-31(40)19(4)35(16-20-6-7-20)10-9-30(31,15-26(21)34-29(23)39)24-13-22(36)8-5-18(24)3/h5,8,12-13,17,19-20,25,36,40H,6-7,9-11,14-16H2,1-4H3,(H2,32,37)(H,33,38)(H,34,39)/t19-,25+,30-,31-/m1/s1. The first-order valence-electron chi connectivity index (χ1n) is 14.5. The van der Waals surface area contributed by atoms with Gasteiger partial charge < -0.3 is 26.2 Å². The Morgan fingerprint density at radius 2 is 1.95 bits per heavy atom. The van der Waals surface area contributed by atoms with Gasteiger partial charge in [-0.25, -0.2) is 0 Å². The van der Waals surface area contributed by atoms with Crippen molar-refractivity contribution in [2.75, 3.05) is 13.1 Å². The second-order valence-corrected chi connectivity index (χ2v) is 12.8.